The fraction of sp³-hybridized carbons (Fsp3) is 0.934. The molecule has 0 aromatic rings. The van der Waals surface area contributed by atoms with Crippen molar-refractivity contribution in [2.45, 2.75) is 317 Å². The van der Waals surface area contributed by atoms with Crippen LogP contribution in [0.1, 0.15) is 298 Å². The Labute approximate surface area is 486 Å². The Morgan fingerprint density at radius 1 is 0.338 bits per heavy atom. The van der Waals surface area contributed by atoms with Crippen molar-refractivity contribution in [3.05, 3.63) is 0 Å². The Kier molecular flexibility index (Phi) is 52.5. The summed E-state index contributed by atoms with van der Waals surface area (Å²) in [4.78, 5) is 71.8. The largest absolute Gasteiger partial charge is 0.472 e. The molecule has 0 bridgehead atoms. The molecule has 5 atom stereocenters. The first kappa shape index (κ1) is 78.1. The second-order valence-corrected chi connectivity index (χ2v) is 25.9. The van der Waals surface area contributed by atoms with Gasteiger partial charge in [-0.3, -0.25) is 37.3 Å². The van der Waals surface area contributed by atoms with E-state index in [4.69, 9.17) is 37.0 Å². The molecule has 2 unspecified atom stereocenters. The predicted octanol–water partition coefficient (Wildman–Crippen LogP) is 16.5. The van der Waals surface area contributed by atoms with Gasteiger partial charge in [0.05, 0.1) is 26.4 Å². The molecule has 0 radical (unpaired) electrons. The van der Waals surface area contributed by atoms with Gasteiger partial charge < -0.3 is 33.8 Å². The van der Waals surface area contributed by atoms with Crippen LogP contribution >= 0.6 is 15.6 Å². The van der Waals surface area contributed by atoms with E-state index in [2.05, 4.69) is 41.5 Å². The number of hydrogen-bond donors (Lipinski definition) is 3. The molecule has 80 heavy (non-hydrogen) atoms. The first-order valence-corrected chi connectivity index (χ1v) is 35.0. The molecule has 0 saturated carbocycles. The van der Waals surface area contributed by atoms with Crippen LogP contribution in [0.15, 0.2) is 0 Å². The highest BCUT2D eigenvalue weighted by Crippen LogP contribution is 2.45. The van der Waals surface area contributed by atoms with Crippen molar-refractivity contribution in [3.8, 4) is 0 Å². The predicted molar refractivity (Wildman–Crippen MR) is 317 cm³/mol. The Hall–Kier alpha value is -1.94. The lowest BCUT2D eigenvalue weighted by Gasteiger charge is -2.21. The molecule has 0 amide bonds. The summed E-state index contributed by atoms with van der Waals surface area (Å²) < 4.78 is 67.7. The van der Waals surface area contributed by atoms with Gasteiger partial charge in [0.2, 0.25) is 0 Å². The topological polar surface area (TPSA) is 237 Å². The van der Waals surface area contributed by atoms with Crippen molar-refractivity contribution in [2.75, 3.05) is 39.6 Å². The lowest BCUT2D eigenvalue weighted by Crippen LogP contribution is -2.30. The summed E-state index contributed by atoms with van der Waals surface area (Å²) >= 11 is 0. The van der Waals surface area contributed by atoms with Crippen molar-refractivity contribution in [1.29, 1.82) is 0 Å². The van der Waals surface area contributed by atoms with E-state index >= 15 is 0 Å². The number of unbranched alkanes of at least 4 members (excludes halogenated alkanes) is 30. The normalized spacial score (nSPS) is 14.4. The van der Waals surface area contributed by atoms with Gasteiger partial charge in [0.25, 0.3) is 0 Å². The van der Waals surface area contributed by atoms with Gasteiger partial charge in [-0.15, -0.1) is 0 Å². The molecule has 0 aliphatic carbocycles. The molecule has 0 rings (SSSR count). The van der Waals surface area contributed by atoms with E-state index in [1.165, 1.54) is 109 Å². The van der Waals surface area contributed by atoms with Crippen molar-refractivity contribution in [3.63, 3.8) is 0 Å². The van der Waals surface area contributed by atoms with Gasteiger partial charge in [0.1, 0.15) is 19.3 Å². The zero-order valence-electron chi connectivity index (χ0n) is 51.4. The van der Waals surface area contributed by atoms with Crippen molar-refractivity contribution in [2.24, 2.45) is 11.8 Å². The Morgan fingerprint density at radius 3 is 0.850 bits per heavy atom. The number of aliphatic hydroxyl groups excluding tert-OH is 1. The van der Waals surface area contributed by atoms with Gasteiger partial charge in [-0.2, -0.15) is 0 Å². The number of rotatable bonds is 60. The molecule has 0 aromatic heterocycles. The SMILES string of the molecule is CCCCCCCCCCCC(=O)O[C@H](COC(=O)CCCCCCC)COP(=O)(O)OC[C@H](O)COP(=O)(O)OC[C@@H](COC(=O)CCCCCCCCCCCC(C)C)OC(=O)CCCCCCCCCCCCCC(C)C. The van der Waals surface area contributed by atoms with Crippen molar-refractivity contribution < 1.29 is 80.2 Å². The zero-order chi connectivity index (χ0) is 59.4. The summed E-state index contributed by atoms with van der Waals surface area (Å²) in [5, 5.41) is 10.5. The second kappa shape index (κ2) is 53.8. The number of ether oxygens (including phenoxy) is 4. The maximum atomic E-state index is 12.9. The second-order valence-electron chi connectivity index (χ2n) is 23.0. The number of phosphoric ester groups is 2. The molecule has 0 heterocycles. The molecule has 0 fully saturated rings. The molecule has 0 saturated heterocycles. The van der Waals surface area contributed by atoms with E-state index in [-0.39, 0.29) is 25.7 Å². The molecule has 0 spiro atoms. The van der Waals surface area contributed by atoms with E-state index in [1.54, 1.807) is 0 Å². The number of aliphatic hydroxyl groups is 1. The van der Waals surface area contributed by atoms with Crippen LogP contribution in [0.25, 0.3) is 0 Å². The van der Waals surface area contributed by atoms with Crippen LogP contribution < -0.4 is 0 Å². The summed E-state index contributed by atoms with van der Waals surface area (Å²) in [6.07, 6.45) is 35.2. The average Bonchev–Trinajstić information content (AvgIpc) is 3.41. The van der Waals surface area contributed by atoms with Crippen molar-refractivity contribution in [1.82, 2.24) is 0 Å². The number of carbonyl (C=O) groups is 4. The number of phosphoric acid groups is 2. The summed E-state index contributed by atoms with van der Waals surface area (Å²) in [5.41, 5.74) is 0. The van der Waals surface area contributed by atoms with Crippen LogP contribution in [0.2, 0.25) is 0 Å². The molecule has 3 N–H and O–H groups in total. The van der Waals surface area contributed by atoms with Gasteiger partial charge >= 0.3 is 39.5 Å². The average molecular weight is 1190 g/mol. The Morgan fingerprint density at radius 2 is 0.575 bits per heavy atom. The van der Waals surface area contributed by atoms with Gasteiger partial charge in [0.15, 0.2) is 12.2 Å². The van der Waals surface area contributed by atoms with Crippen LogP contribution in [0.3, 0.4) is 0 Å². The zero-order valence-corrected chi connectivity index (χ0v) is 53.2. The summed E-state index contributed by atoms with van der Waals surface area (Å²) in [7, 11) is -9.87. The molecular formula is C61H118O17P2. The van der Waals surface area contributed by atoms with Crippen molar-refractivity contribution >= 4 is 39.5 Å². The minimum Gasteiger partial charge on any atom is -0.462 e. The molecule has 19 heteroatoms. The van der Waals surface area contributed by atoms with Crippen LogP contribution in [0.4, 0.5) is 0 Å². The number of esters is 4. The quantitative estimate of drug-likeness (QED) is 0.0222. The fourth-order valence-electron chi connectivity index (χ4n) is 9.00. The standard InChI is InChI=1S/C61H118O17P2/c1-7-9-11-13-14-19-27-33-39-45-60(65)77-56(49-71-58(63)43-37-29-12-10-8-2)51-75-79(67,68)73-47-55(62)48-74-80(69,70)76-52-57(50-72-59(64)44-38-32-26-23-18-21-25-31-36-42-54(5)6)78-61(66)46-40-34-28-22-17-15-16-20-24-30-35-41-53(3)4/h53-57,62H,7-52H2,1-6H3,(H,67,68)(H,69,70)/t55-,56+,57+/m0/s1. The summed E-state index contributed by atoms with van der Waals surface area (Å²) in [6.45, 7) is 9.35. The Bertz CT molecular complexity index is 1580. The van der Waals surface area contributed by atoms with E-state index < -0.39 is 97.5 Å². The highest BCUT2D eigenvalue weighted by molar-refractivity contribution is 7.47. The van der Waals surface area contributed by atoms with Gasteiger partial charge in [-0.1, -0.05) is 247 Å². The molecule has 0 aliphatic rings. The van der Waals surface area contributed by atoms with Crippen LogP contribution in [-0.4, -0.2) is 96.7 Å². The smallest absolute Gasteiger partial charge is 0.462 e. The lowest BCUT2D eigenvalue weighted by atomic mass is 10.0. The highest BCUT2D eigenvalue weighted by atomic mass is 31.2. The number of hydrogen-bond acceptors (Lipinski definition) is 15. The third-order valence-electron chi connectivity index (χ3n) is 14.0. The van der Waals surface area contributed by atoms with Gasteiger partial charge in [-0.05, 0) is 37.5 Å². The highest BCUT2D eigenvalue weighted by Gasteiger charge is 2.30. The maximum Gasteiger partial charge on any atom is 0.472 e. The van der Waals surface area contributed by atoms with Crippen LogP contribution in [0, 0.1) is 11.8 Å². The lowest BCUT2D eigenvalue weighted by molar-refractivity contribution is -0.161. The maximum absolute atomic E-state index is 12.9. The van der Waals surface area contributed by atoms with Crippen LogP contribution in [0.5, 0.6) is 0 Å². The summed E-state index contributed by atoms with van der Waals surface area (Å²) in [6, 6.07) is 0. The van der Waals surface area contributed by atoms with Gasteiger partial charge in [-0.25, -0.2) is 9.13 Å². The number of carbonyl (C=O) groups excluding carboxylic acids is 4. The molecule has 0 aromatic carbocycles. The van der Waals surface area contributed by atoms with E-state index in [9.17, 15) is 43.2 Å². The monoisotopic (exact) mass is 1180 g/mol. The first-order chi connectivity index (χ1) is 38.4. The molecular weight excluding hydrogens is 1070 g/mol. The van der Waals surface area contributed by atoms with E-state index in [0.717, 1.165) is 108 Å². The molecule has 474 valence electrons. The molecule has 17 nitrogen and oxygen atoms in total. The first-order valence-electron chi connectivity index (χ1n) is 32.0. The molecule has 0 aliphatic heterocycles. The Balaban J connectivity index is 5.18. The minimum atomic E-state index is -4.94. The van der Waals surface area contributed by atoms with Gasteiger partial charge in [0, 0.05) is 25.7 Å². The third-order valence-corrected chi connectivity index (χ3v) is 15.9. The van der Waals surface area contributed by atoms with E-state index in [1.807, 2.05) is 0 Å². The third kappa shape index (κ3) is 55.3. The minimum absolute atomic E-state index is 0.104. The fourth-order valence-corrected chi connectivity index (χ4v) is 10.6. The van der Waals surface area contributed by atoms with Crippen LogP contribution in [-0.2, 0) is 65.4 Å². The van der Waals surface area contributed by atoms with E-state index in [0.29, 0.717) is 25.7 Å². The summed E-state index contributed by atoms with van der Waals surface area (Å²) in [5.74, 6) is -0.641.